The van der Waals surface area contributed by atoms with Gasteiger partial charge in [0.05, 0.1) is 16.3 Å². The SMILES string of the molecule is CCC(CCN)c1nc(-c2ccc(F)c(Cl)c2)cc(N2CCN(c3ncccc3C(F)(F)F)CC2)n1. The highest BCUT2D eigenvalue weighted by Gasteiger charge is 2.36. The van der Waals surface area contributed by atoms with Gasteiger partial charge in [0.1, 0.15) is 23.3 Å². The molecule has 1 saturated heterocycles. The van der Waals surface area contributed by atoms with E-state index < -0.39 is 17.6 Å². The molecule has 0 bridgehead atoms. The van der Waals surface area contributed by atoms with E-state index in [9.17, 15) is 17.6 Å². The zero-order chi connectivity index (χ0) is 25.9. The fourth-order valence-electron chi connectivity index (χ4n) is 4.34. The lowest BCUT2D eigenvalue weighted by Gasteiger charge is -2.37. The first-order chi connectivity index (χ1) is 17.2. The minimum atomic E-state index is -4.48. The van der Waals surface area contributed by atoms with E-state index >= 15 is 0 Å². The van der Waals surface area contributed by atoms with E-state index in [4.69, 9.17) is 27.3 Å². The number of hydrogen-bond acceptors (Lipinski definition) is 6. The topological polar surface area (TPSA) is 71.2 Å². The summed E-state index contributed by atoms with van der Waals surface area (Å²) in [6.45, 7) is 4.10. The Morgan fingerprint density at radius 2 is 1.78 bits per heavy atom. The Morgan fingerprint density at radius 3 is 2.42 bits per heavy atom. The van der Waals surface area contributed by atoms with Crippen molar-refractivity contribution in [3.05, 3.63) is 64.8 Å². The molecule has 1 aromatic carbocycles. The number of pyridine rings is 1. The van der Waals surface area contributed by atoms with E-state index in [0.717, 1.165) is 12.5 Å². The summed E-state index contributed by atoms with van der Waals surface area (Å²) in [6.07, 6.45) is -1.61. The maximum atomic E-state index is 13.8. The highest BCUT2D eigenvalue weighted by atomic mass is 35.5. The summed E-state index contributed by atoms with van der Waals surface area (Å²) in [5.41, 5.74) is 6.31. The van der Waals surface area contributed by atoms with E-state index in [0.29, 0.717) is 62.0 Å². The van der Waals surface area contributed by atoms with Gasteiger partial charge in [-0.2, -0.15) is 13.2 Å². The first-order valence-corrected chi connectivity index (χ1v) is 12.2. The molecule has 0 radical (unpaired) electrons. The molecule has 0 saturated carbocycles. The Balaban J connectivity index is 1.64. The van der Waals surface area contributed by atoms with Crippen molar-refractivity contribution in [2.75, 3.05) is 42.5 Å². The van der Waals surface area contributed by atoms with Crippen LogP contribution in [0.2, 0.25) is 5.02 Å². The summed E-state index contributed by atoms with van der Waals surface area (Å²) >= 11 is 6.01. The van der Waals surface area contributed by atoms with Gasteiger partial charge in [-0.15, -0.1) is 0 Å². The number of aromatic nitrogens is 3. The number of rotatable bonds is 7. The molecule has 1 aliphatic rings. The number of halogens is 5. The molecule has 0 spiro atoms. The van der Waals surface area contributed by atoms with Crippen molar-refractivity contribution in [1.29, 1.82) is 0 Å². The Kier molecular flexibility index (Phi) is 7.94. The minimum absolute atomic E-state index is 0.00680. The van der Waals surface area contributed by atoms with Crippen LogP contribution in [0.5, 0.6) is 0 Å². The largest absolute Gasteiger partial charge is 0.419 e. The van der Waals surface area contributed by atoms with E-state index in [1.54, 1.807) is 17.0 Å². The Hall–Kier alpha value is -2.98. The number of alkyl halides is 3. The molecule has 36 heavy (non-hydrogen) atoms. The number of nitrogens with two attached hydrogens (primary N) is 1. The molecular weight excluding hydrogens is 496 g/mol. The first-order valence-electron chi connectivity index (χ1n) is 11.8. The summed E-state index contributed by atoms with van der Waals surface area (Å²) in [5.74, 6) is 0.732. The van der Waals surface area contributed by atoms with Crippen LogP contribution in [0, 0.1) is 5.82 Å². The molecule has 2 N–H and O–H groups in total. The Bertz CT molecular complexity index is 1200. The Labute approximate surface area is 212 Å². The van der Waals surface area contributed by atoms with Crippen molar-refractivity contribution in [1.82, 2.24) is 15.0 Å². The summed E-state index contributed by atoms with van der Waals surface area (Å²) in [7, 11) is 0. The number of benzene rings is 1. The second kappa shape index (κ2) is 11.0. The van der Waals surface area contributed by atoms with Gasteiger partial charge in [-0.05, 0) is 49.7 Å². The van der Waals surface area contributed by atoms with Gasteiger partial charge in [0.15, 0.2) is 0 Å². The van der Waals surface area contributed by atoms with Gasteiger partial charge in [-0.1, -0.05) is 18.5 Å². The van der Waals surface area contributed by atoms with Gasteiger partial charge in [0.2, 0.25) is 0 Å². The lowest BCUT2D eigenvalue weighted by atomic mass is 10.0. The van der Waals surface area contributed by atoms with E-state index in [-0.39, 0.29) is 16.8 Å². The molecule has 0 aliphatic carbocycles. The standard InChI is InChI=1S/C25H27ClF4N6/c1-2-16(7-8-31)23-33-21(17-5-6-20(27)19(26)14-17)15-22(34-23)35-10-12-36(13-11-35)24-18(25(28,29)30)4-3-9-32-24/h3-6,9,14-16H,2,7-8,10-13,31H2,1H3. The highest BCUT2D eigenvalue weighted by Crippen LogP contribution is 2.36. The van der Waals surface area contributed by atoms with E-state index in [1.165, 1.54) is 24.4 Å². The summed E-state index contributed by atoms with van der Waals surface area (Å²) in [4.78, 5) is 17.2. The fourth-order valence-corrected chi connectivity index (χ4v) is 4.52. The van der Waals surface area contributed by atoms with Gasteiger partial charge in [0, 0.05) is 49.9 Å². The smallest absolute Gasteiger partial charge is 0.353 e. The predicted octanol–water partition coefficient (Wildman–Crippen LogP) is 5.52. The number of piperazine rings is 1. The molecule has 3 aromatic rings. The fraction of sp³-hybridized carbons (Fsp3) is 0.400. The van der Waals surface area contributed by atoms with E-state index in [2.05, 4.69) is 4.98 Å². The molecule has 1 fully saturated rings. The van der Waals surface area contributed by atoms with Gasteiger partial charge in [-0.3, -0.25) is 0 Å². The minimum Gasteiger partial charge on any atom is -0.353 e. The van der Waals surface area contributed by atoms with Crippen LogP contribution in [-0.2, 0) is 6.18 Å². The number of hydrogen-bond donors (Lipinski definition) is 1. The van der Waals surface area contributed by atoms with Crippen molar-refractivity contribution in [3.63, 3.8) is 0 Å². The van der Waals surface area contributed by atoms with Crippen LogP contribution < -0.4 is 15.5 Å². The zero-order valence-electron chi connectivity index (χ0n) is 19.8. The molecule has 1 unspecified atom stereocenters. The maximum absolute atomic E-state index is 13.8. The van der Waals surface area contributed by atoms with Gasteiger partial charge in [0.25, 0.3) is 0 Å². The molecule has 2 aromatic heterocycles. The normalized spacial score (nSPS) is 15.3. The van der Waals surface area contributed by atoms with Crippen LogP contribution in [0.15, 0.2) is 42.6 Å². The zero-order valence-corrected chi connectivity index (χ0v) is 20.5. The molecular formula is C25H27ClF4N6. The molecule has 1 atom stereocenters. The lowest BCUT2D eigenvalue weighted by Crippen LogP contribution is -2.47. The third-order valence-corrected chi connectivity index (χ3v) is 6.60. The predicted molar refractivity (Wildman–Crippen MR) is 133 cm³/mol. The molecule has 1 aliphatic heterocycles. The average molecular weight is 523 g/mol. The van der Waals surface area contributed by atoms with Crippen LogP contribution in [0.4, 0.5) is 29.2 Å². The van der Waals surface area contributed by atoms with Crippen molar-refractivity contribution >= 4 is 23.2 Å². The van der Waals surface area contributed by atoms with Gasteiger partial charge in [-0.25, -0.2) is 19.3 Å². The monoisotopic (exact) mass is 522 g/mol. The van der Waals surface area contributed by atoms with Crippen LogP contribution >= 0.6 is 11.6 Å². The number of nitrogens with zero attached hydrogens (tertiary/aromatic N) is 5. The van der Waals surface area contributed by atoms with Gasteiger partial charge < -0.3 is 15.5 Å². The molecule has 0 amide bonds. The average Bonchev–Trinajstić information content (AvgIpc) is 2.88. The van der Waals surface area contributed by atoms with Crippen molar-refractivity contribution in [2.24, 2.45) is 5.73 Å². The second-order valence-electron chi connectivity index (χ2n) is 8.63. The van der Waals surface area contributed by atoms with Gasteiger partial charge >= 0.3 is 6.18 Å². The molecule has 192 valence electrons. The maximum Gasteiger partial charge on any atom is 0.419 e. The third kappa shape index (κ3) is 5.70. The lowest BCUT2D eigenvalue weighted by molar-refractivity contribution is -0.137. The van der Waals surface area contributed by atoms with Crippen LogP contribution in [0.25, 0.3) is 11.3 Å². The number of anilines is 2. The van der Waals surface area contributed by atoms with Crippen LogP contribution in [0.1, 0.15) is 37.1 Å². The van der Waals surface area contributed by atoms with Crippen molar-refractivity contribution in [2.45, 2.75) is 31.9 Å². The molecule has 11 heteroatoms. The Morgan fingerprint density at radius 1 is 1.06 bits per heavy atom. The summed E-state index contributed by atoms with van der Waals surface area (Å²) in [6, 6.07) is 8.57. The first kappa shape index (κ1) is 26.1. The molecule has 6 nitrogen and oxygen atoms in total. The molecule has 4 rings (SSSR count). The third-order valence-electron chi connectivity index (χ3n) is 6.31. The highest BCUT2D eigenvalue weighted by molar-refractivity contribution is 6.31. The second-order valence-corrected chi connectivity index (χ2v) is 9.03. The summed E-state index contributed by atoms with van der Waals surface area (Å²) < 4.78 is 54.2. The van der Waals surface area contributed by atoms with Crippen LogP contribution in [-0.4, -0.2) is 47.7 Å². The quantitative estimate of drug-likeness (QED) is 0.412. The van der Waals surface area contributed by atoms with Crippen LogP contribution in [0.3, 0.4) is 0 Å². The molecule has 3 heterocycles. The van der Waals surface area contributed by atoms with Crippen molar-refractivity contribution < 1.29 is 17.6 Å². The van der Waals surface area contributed by atoms with E-state index in [1.807, 2.05) is 11.8 Å². The van der Waals surface area contributed by atoms with Crippen molar-refractivity contribution in [3.8, 4) is 11.3 Å². The summed E-state index contributed by atoms with van der Waals surface area (Å²) in [5, 5.41) is -0.00680.